The summed E-state index contributed by atoms with van der Waals surface area (Å²) in [5.74, 6) is 0.111. The predicted molar refractivity (Wildman–Crippen MR) is 107 cm³/mol. The van der Waals surface area contributed by atoms with Gasteiger partial charge < -0.3 is 15.4 Å². The van der Waals surface area contributed by atoms with Crippen LogP contribution >= 0.6 is 11.8 Å². The maximum atomic E-state index is 12.3. The van der Waals surface area contributed by atoms with Gasteiger partial charge in [-0.2, -0.15) is 13.2 Å². The van der Waals surface area contributed by atoms with E-state index in [1.165, 1.54) is 24.3 Å². The number of ether oxygens (including phenoxy) is 1. The molecule has 0 heterocycles. The molecule has 0 unspecified atom stereocenters. The van der Waals surface area contributed by atoms with Gasteiger partial charge in [0.05, 0.1) is 0 Å². The molecule has 160 valence electrons. The summed E-state index contributed by atoms with van der Waals surface area (Å²) >= 11 is -0.217. The van der Waals surface area contributed by atoms with Gasteiger partial charge in [0.2, 0.25) is 0 Å². The van der Waals surface area contributed by atoms with Crippen molar-refractivity contribution in [3.05, 3.63) is 59.7 Å². The Bertz CT molecular complexity index is 867. The molecule has 0 radical (unpaired) electrons. The minimum atomic E-state index is -4.35. The number of thioether (sulfide) groups is 1. The van der Waals surface area contributed by atoms with Crippen LogP contribution in [0.5, 0.6) is 5.75 Å². The van der Waals surface area contributed by atoms with Gasteiger partial charge in [-0.15, -0.1) is 0 Å². The van der Waals surface area contributed by atoms with Crippen LogP contribution in [-0.4, -0.2) is 36.5 Å². The summed E-state index contributed by atoms with van der Waals surface area (Å²) in [6.45, 7) is 0.355. The number of nitrogens with one attached hydrogen (secondary N) is 2. The zero-order chi connectivity index (χ0) is 21.6. The van der Waals surface area contributed by atoms with Crippen LogP contribution in [0, 0.1) is 0 Å². The van der Waals surface area contributed by atoms with E-state index in [1.54, 1.807) is 12.1 Å². The van der Waals surface area contributed by atoms with Crippen LogP contribution in [0.1, 0.15) is 28.8 Å². The number of hydrogen-bond donors (Lipinski definition) is 2. The topological polar surface area (TPSA) is 67.4 Å². The maximum absolute atomic E-state index is 12.3. The van der Waals surface area contributed by atoms with E-state index < -0.39 is 5.51 Å². The highest BCUT2D eigenvalue weighted by Crippen LogP contribution is 2.36. The third kappa shape index (κ3) is 7.62. The monoisotopic (exact) mass is 438 g/mol. The Morgan fingerprint density at radius 2 is 1.70 bits per heavy atom. The Kier molecular flexibility index (Phi) is 7.25. The van der Waals surface area contributed by atoms with Gasteiger partial charge in [0.15, 0.2) is 6.61 Å². The molecule has 9 heteroatoms. The van der Waals surface area contributed by atoms with Gasteiger partial charge >= 0.3 is 5.51 Å². The number of halogens is 3. The molecule has 2 amide bonds. The van der Waals surface area contributed by atoms with Crippen molar-refractivity contribution in [1.29, 1.82) is 0 Å². The molecule has 0 bridgehead atoms. The minimum Gasteiger partial charge on any atom is -0.484 e. The van der Waals surface area contributed by atoms with E-state index in [-0.39, 0.29) is 35.1 Å². The Balaban J connectivity index is 1.38. The van der Waals surface area contributed by atoms with Gasteiger partial charge in [-0.25, -0.2) is 0 Å². The quantitative estimate of drug-likeness (QED) is 0.583. The smallest absolute Gasteiger partial charge is 0.446 e. The number of alkyl halides is 3. The molecule has 0 spiro atoms. The van der Waals surface area contributed by atoms with E-state index >= 15 is 0 Å². The summed E-state index contributed by atoms with van der Waals surface area (Å²) in [5, 5.41) is 5.59. The first-order valence-corrected chi connectivity index (χ1v) is 10.3. The minimum absolute atomic E-state index is 0.0217. The third-order valence-electron chi connectivity index (χ3n) is 4.29. The molecule has 30 heavy (non-hydrogen) atoms. The molecule has 2 N–H and O–H groups in total. The molecule has 0 saturated heterocycles. The van der Waals surface area contributed by atoms with Crippen LogP contribution in [-0.2, 0) is 11.2 Å². The molecule has 0 aromatic heterocycles. The number of rotatable bonds is 9. The van der Waals surface area contributed by atoms with Crippen molar-refractivity contribution < 1.29 is 27.5 Å². The Labute approximate surface area is 176 Å². The van der Waals surface area contributed by atoms with Gasteiger partial charge in [0.25, 0.3) is 11.8 Å². The third-order valence-corrected chi connectivity index (χ3v) is 5.02. The number of hydrogen-bond acceptors (Lipinski definition) is 4. The predicted octanol–water partition coefficient (Wildman–Crippen LogP) is 3.93. The van der Waals surface area contributed by atoms with E-state index in [0.29, 0.717) is 30.3 Å². The Morgan fingerprint density at radius 1 is 1.03 bits per heavy atom. The number of carbonyl (C=O) groups is 2. The second-order valence-electron chi connectivity index (χ2n) is 6.85. The standard InChI is InChI=1S/C21H21F3N2O3S/c22-21(23,24)30-18-9-3-15(4-10-18)20(28)25-12-11-14-1-7-17(8-2-14)29-13-19(27)26-16-5-6-16/h1-4,7-10,16H,5-6,11-13H2,(H,25,28)(H,26,27). The number of benzene rings is 2. The molecule has 1 saturated carbocycles. The highest BCUT2D eigenvalue weighted by molar-refractivity contribution is 8.00. The van der Waals surface area contributed by atoms with Crippen LogP contribution < -0.4 is 15.4 Å². The molecule has 3 rings (SSSR count). The SMILES string of the molecule is O=C(COc1ccc(CCNC(=O)c2ccc(SC(F)(F)F)cc2)cc1)NC1CC1. The maximum Gasteiger partial charge on any atom is 0.446 e. The van der Waals surface area contributed by atoms with Crippen LogP contribution in [0.3, 0.4) is 0 Å². The lowest BCUT2D eigenvalue weighted by atomic mass is 10.1. The molecular weight excluding hydrogens is 417 g/mol. The van der Waals surface area contributed by atoms with Gasteiger partial charge in [0, 0.05) is 23.0 Å². The van der Waals surface area contributed by atoms with E-state index in [2.05, 4.69) is 10.6 Å². The van der Waals surface area contributed by atoms with Crippen molar-refractivity contribution in [3.63, 3.8) is 0 Å². The normalized spacial score (nSPS) is 13.6. The fraction of sp³-hybridized carbons (Fsp3) is 0.333. The van der Waals surface area contributed by atoms with Crippen molar-refractivity contribution in [2.24, 2.45) is 0 Å². The number of amides is 2. The zero-order valence-electron chi connectivity index (χ0n) is 16.0. The fourth-order valence-electron chi connectivity index (χ4n) is 2.63. The lowest BCUT2D eigenvalue weighted by molar-refractivity contribution is -0.123. The van der Waals surface area contributed by atoms with Crippen molar-refractivity contribution in [2.75, 3.05) is 13.2 Å². The van der Waals surface area contributed by atoms with Crippen LogP contribution in [0.25, 0.3) is 0 Å². The summed E-state index contributed by atoms with van der Waals surface area (Å²) < 4.78 is 42.4. The zero-order valence-corrected chi connectivity index (χ0v) is 16.8. The van der Waals surface area contributed by atoms with Crippen LogP contribution in [0.2, 0.25) is 0 Å². The summed E-state index contributed by atoms with van der Waals surface area (Å²) in [4.78, 5) is 23.8. The molecule has 1 aliphatic rings. The van der Waals surface area contributed by atoms with Gasteiger partial charge in [-0.3, -0.25) is 9.59 Å². The van der Waals surface area contributed by atoms with Gasteiger partial charge in [-0.1, -0.05) is 12.1 Å². The first-order valence-electron chi connectivity index (χ1n) is 9.43. The largest absolute Gasteiger partial charge is 0.484 e. The lowest BCUT2D eigenvalue weighted by Gasteiger charge is -2.09. The summed E-state index contributed by atoms with van der Waals surface area (Å²) in [7, 11) is 0. The molecule has 1 aliphatic carbocycles. The Hall–Kier alpha value is -2.68. The van der Waals surface area contributed by atoms with Crippen LogP contribution in [0.4, 0.5) is 13.2 Å². The first kappa shape index (κ1) is 22.0. The lowest BCUT2D eigenvalue weighted by Crippen LogP contribution is -2.30. The Morgan fingerprint density at radius 3 is 2.30 bits per heavy atom. The molecule has 5 nitrogen and oxygen atoms in total. The summed E-state index contributed by atoms with van der Waals surface area (Å²) in [6.07, 6.45) is 2.63. The first-order chi connectivity index (χ1) is 14.3. The van der Waals surface area contributed by atoms with Crippen LogP contribution in [0.15, 0.2) is 53.4 Å². The second kappa shape index (κ2) is 9.88. The molecule has 2 aromatic rings. The molecule has 0 aliphatic heterocycles. The van der Waals surface area contributed by atoms with Crippen molar-refractivity contribution in [1.82, 2.24) is 10.6 Å². The summed E-state index contributed by atoms with van der Waals surface area (Å²) in [5.41, 5.74) is -3.08. The van der Waals surface area contributed by atoms with Gasteiger partial charge in [-0.05, 0) is 73.0 Å². The second-order valence-corrected chi connectivity index (χ2v) is 7.99. The molecule has 2 aromatic carbocycles. The highest BCUT2D eigenvalue weighted by atomic mass is 32.2. The highest BCUT2D eigenvalue weighted by Gasteiger charge is 2.29. The van der Waals surface area contributed by atoms with E-state index in [0.717, 1.165) is 18.4 Å². The van der Waals surface area contributed by atoms with E-state index in [4.69, 9.17) is 4.74 Å². The average molecular weight is 438 g/mol. The van der Waals surface area contributed by atoms with E-state index in [9.17, 15) is 22.8 Å². The summed E-state index contributed by atoms with van der Waals surface area (Å²) in [6, 6.07) is 12.8. The van der Waals surface area contributed by atoms with Gasteiger partial charge in [0.1, 0.15) is 5.75 Å². The molecule has 1 fully saturated rings. The molecule has 0 atom stereocenters. The van der Waals surface area contributed by atoms with Crippen molar-refractivity contribution in [2.45, 2.75) is 35.7 Å². The van der Waals surface area contributed by atoms with E-state index in [1.807, 2.05) is 12.1 Å². The average Bonchev–Trinajstić information content (AvgIpc) is 3.50. The van der Waals surface area contributed by atoms with Crippen molar-refractivity contribution in [3.8, 4) is 5.75 Å². The van der Waals surface area contributed by atoms with Crippen molar-refractivity contribution >= 4 is 23.6 Å². The number of carbonyl (C=O) groups excluding carboxylic acids is 2. The molecular formula is C21H21F3N2O3S. The fourth-order valence-corrected chi connectivity index (χ4v) is 3.17.